The van der Waals surface area contributed by atoms with Gasteiger partial charge in [-0.3, -0.25) is 0 Å². The minimum absolute atomic E-state index is 0.252. The molecule has 0 heterocycles. The van der Waals surface area contributed by atoms with E-state index in [-0.39, 0.29) is 6.04 Å². The minimum Gasteiger partial charge on any atom is -0.307 e. The zero-order valence-corrected chi connectivity index (χ0v) is 8.56. The van der Waals surface area contributed by atoms with Crippen molar-refractivity contribution in [1.82, 2.24) is 5.32 Å². The zero-order valence-electron chi connectivity index (χ0n) is 8.56. The molecule has 1 heteroatoms. The van der Waals surface area contributed by atoms with Crippen LogP contribution in [0.15, 0.2) is 0 Å². The van der Waals surface area contributed by atoms with E-state index in [2.05, 4.69) is 25.1 Å². The largest absolute Gasteiger partial charge is 0.307 e. The Kier molecular flexibility index (Phi) is 6.90. The average Bonchev–Trinajstić information content (AvgIpc) is 2.07. The molecule has 0 rings (SSSR count). The van der Waals surface area contributed by atoms with Crippen LogP contribution in [0.5, 0.6) is 0 Å². The molecule has 0 spiro atoms. The molecule has 0 aliphatic heterocycles. The van der Waals surface area contributed by atoms with Gasteiger partial charge in [0.25, 0.3) is 0 Å². The molecule has 0 aromatic heterocycles. The van der Waals surface area contributed by atoms with Crippen molar-refractivity contribution in [3.05, 3.63) is 0 Å². The monoisotopic (exact) mass is 167 g/mol. The topological polar surface area (TPSA) is 12.0 Å². The lowest BCUT2D eigenvalue weighted by atomic mass is 9.96. The number of unbranched alkanes of at least 4 members (excludes halogenated alkanes) is 2. The van der Waals surface area contributed by atoms with Crippen LogP contribution in [0.25, 0.3) is 0 Å². The third-order valence-electron chi connectivity index (χ3n) is 2.32. The van der Waals surface area contributed by atoms with E-state index in [0.717, 1.165) is 0 Å². The van der Waals surface area contributed by atoms with Gasteiger partial charge in [0.2, 0.25) is 0 Å². The highest BCUT2D eigenvalue weighted by atomic mass is 14.9. The van der Waals surface area contributed by atoms with Gasteiger partial charge < -0.3 is 5.32 Å². The van der Waals surface area contributed by atoms with Gasteiger partial charge in [-0.05, 0) is 19.4 Å². The molecule has 0 radical (unpaired) electrons. The molecule has 2 unspecified atom stereocenters. The standard InChI is InChI=1S/C11H21N/c1-5-7-8-9-10(3)11(6-2)12-4/h2,10-12H,5,7-9H2,1,3-4H3. The van der Waals surface area contributed by atoms with Gasteiger partial charge in [-0.15, -0.1) is 6.42 Å². The van der Waals surface area contributed by atoms with E-state index in [9.17, 15) is 0 Å². The molecule has 0 aromatic carbocycles. The van der Waals surface area contributed by atoms with E-state index >= 15 is 0 Å². The zero-order chi connectivity index (χ0) is 9.40. The van der Waals surface area contributed by atoms with E-state index in [0.29, 0.717) is 5.92 Å². The van der Waals surface area contributed by atoms with Gasteiger partial charge in [-0.2, -0.15) is 0 Å². The SMILES string of the molecule is C#CC(NC)C(C)CCCCC. The summed E-state index contributed by atoms with van der Waals surface area (Å²) < 4.78 is 0. The Balaban J connectivity index is 3.56. The molecule has 0 aromatic rings. The first-order valence-electron chi connectivity index (χ1n) is 4.89. The van der Waals surface area contributed by atoms with Crippen LogP contribution in [-0.2, 0) is 0 Å². The molecule has 0 bridgehead atoms. The summed E-state index contributed by atoms with van der Waals surface area (Å²) in [7, 11) is 1.93. The van der Waals surface area contributed by atoms with Crippen molar-refractivity contribution in [3.8, 4) is 12.3 Å². The lowest BCUT2D eigenvalue weighted by molar-refractivity contribution is 0.423. The van der Waals surface area contributed by atoms with Gasteiger partial charge in [0, 0.05) is 0 Å². The predicted octanol–water partition coefficient (Wildman–Crippen LogP) is 2.42. The summed E-state index contributed by atoms with van der Waals surface area (Å²) in [5.41, 5.74) is 0. The maximum Gasteiger partial charge on any atom is 0.0710 e. The Morgan fingerprint density at radius 3 is 2.50 bits per heavy atom. The molecule has 70 valence electrons. The maximum absolute atomic E-state index is 5.38. The third kappa shape index (κ3) is 4.41. The van der Waals surface area contributed by atoms with Gasteiger partial charge in [-0.25, -0.2) is 0 Å². The number of nitrogens with one attached hydrogen (secondary N) is 1. The van der Waals surface area contributed by atoms with Gasteiger partial charge in [0.15, 0.2) is 0 Å². The number of hydrogen-bond acceptors (Lipinski definition) is 1. The second kappa shape index (κ2) is 7.18. The quantitative estimate of drug-likeness (QED) is 0.473. The lowest BCUT2D eigenvalue weighted by Crippen LogP contribution is -2.30. The van der Waals surface area contributed by atoms with Crippen LogP contribution in [0, 0.1) is 18.3 Å². The highest BCUT2D eigenvalue weighted by Crippen LogP contribution is 2.12. The predicted molar refractivity (Wildman–Crippen MR) is 55.0 cm³/mol. The van der Waals surface area contributed by atoms with Gasteiger partial charge in [-0.1, -0.05) is 39.0 Å². The molecular weight excluding hydrogens is 146 g/mol. The van der Waals surface area contributed by atoms with Gasteiger partial charge >= 0.3 is 0 Å². The molecule has 2 atom stereocenters. The Morgan fingerprint density at radius 1 is 1.42 bits per heavy atom. The second-order valence-electron chi connectivity index (χ2n) is 3.41. The van der Waals surface area contributed by atoms with Gasteiger partial charge in [0.05, 0.1) is 6.04 Å². The van der Waals surface area contributed by atoms with Crippen LogP contribution in [0.1, 0.15) is 39.5 Å². The molecule has 0 amide bonds. The summed E-state index contributed by atoms with van der Waals surface area (Å²) in [4.78, 5) is 0. The van der Waals surface area contributed by atoms with Crippen LogP contribution >= 0.6 is 0 Å². The average molecular weight is 167 g/mol. The Hall–Kier alpha value is -0.480. The highest BCUT2D eigenvalue weighted by molar-refractivity contribution is 5.00. The summed E-state index contributed by atoms with van der Waals surface area (Å²) in [6.07, 6.45) is 10.5. The van der Waals surface area contributed by atoms with Crippen molar-refractivity contribution in [1.29, 1.82) is 0 Å². The van der Waals surface area contributed by atoms with Crippen molar-refractivity contribution >= 4 is 0 Å². The van der Waals surface area contributed by atoms with E-state index < -0.39 is 0 Å². The van der Waals surface area contributed by atoms with Crippen molar-refractivity contribution in [2.24, 2.45) is 5.92 Å². The first kappa shape index (κ1) is 11.5. The highest BCUT2D eigenvalue weighted by Gasteiger charge is 2.10. The maximum atomic E-state index is 5.38. The first-order chi connectivity index (χ1) is 5.76. The van der Waals surface area contributed by atoms with Crippen molar-refractivity contribution < 1.29 is 0 Å². The summed E-state index contributed by atoms with van der Waals surface area (Å²) in [5, 5.41) is 3.14. The van der Waals surface area contributed by atoms with Crippen LogP contribution in [0.2, 0.25) is 0 Å². The Labute approximate surface area is 76.9 Å². The van der Waals surface area contributed by atoms with Crippen LogP contribution in [-0.4, -0.2) is 13.1 Å². The van der Waals surface area contributed by atoms with Crippen LogP contribution in [0.3, 0.4) is 0 Å². The van der Waals surface area contributed by atoms with E-state index in [1.807, 2.05) is 7.05 Å². The lowest BCUT2D eigenvalue weighted by Gasteiger charge is -2.17. The van der Waals surface area contributed by atoms with E-state index in [1.54, 1.807) is 0 Å². The third-order valence-corrected chi connectivity index (χ3v) is 2.32. The summed E-state index contributed by atoms with van der Waals surface area (Å²) >= 11 is 0. The van der Waals surface area contributed by atoms with Crippen LogP contribution in [0.4, 0.5) is 0 Å². The molecule has 0 saturated carbocycles. The fourth-order valence-electron chi connectivity index (χ4n) is 1.42. The molecule has 12 heavy (non-hydrogen) atoms. The van der Waals surface area contributed by atoms with Crippen molar-refractivity contribution in [3.63, 3.8) is 0 Å². The minimum atomic E-state index is 0.252. The second-order valence-corrected chi connectivity index (χ2v) is 3.41. The van der Waals surface area contributed by atoms with E-state index in [4.69, 9.17) is 6.42 Å². The normalized spacial score (nSPS) is 15.2. The summed E-state index contributed by atoms with van der Waals surface area (Å²) in [6, 6.07) is 0.252. The molecule has 1 N–H and O–H groups in total. The molecule has 0 aliphatic rings. The number of hydrogen-bond donors (Lipinski definition) is 1. The number of terminal acetylenes is 1. The summed E-state index contributed by atoms with van der Waals surface area (Å²) in [5.74, 6) is 3.37. The van der Waals surface area contributed by atoms with Crippen molar-refractivity contribution in [2.45, 2.75) is 45.6 Å². The number of rotatable bonds is 6. The fourth-order valence-corrected chi connectivity index (χ4v) is 1.42. The van der Waals surface area contributed by atoms with Gasteiger partial charge in [0.1, 0.15) is 0 Å². The molecule has 0 saturated heterocycles. The van der Waals surface area contributed by atoms with Crippen LogP contribution < -0.4 is 5.32 Å². The van der Waals surface area contributed by atoms with Crippen molar-refractivity contribution in [2.75, 3.05) is 7.05 Å². The molecule has 0 fully saturated rings. The molecular formula is C11H21N. The Morgan fingerprint density at radius 2 is 2.08 bits per heavy atom. The smallest absolute Gasteiger partial charge is 0.0710 e. The van der Waals surface area contributed by atoms with E-state index in [1.165, 1.54) is 25.7 Å². The molecule has 1 nitrogen and oxygen atoms in total. The fraction of sp³-hybridized carbons (Fsp3) is 0.818. The summed E-state index contributed by atoms with van der Waals surface area (Å²) in [6.45, 7) is 4.44. The molecule has 0 aliphatic carbocycles. The first-order valence-corrected chi connectivity index (χ1v) is 4.89. The Bertz CT molecular complexity index is 134.